The average Bonchev–Trinajstić information content (AvgIpc) is 2.61. The number of hydrogen-bond acceptors (Lipinski definition) is 4. The van der Waals surface area contributed by atoms with E-state index in [0.717, 1.165) is 18.5 Å². The largest absolute Gasteiger partial charge is 0.383 e. The quantitative estimate of drug-likeness (QED) is 0.797. The second-order valence-electron chi connectivity index (χ2n) is 6.81. The van der Waals surface area contributed by atoms with E-state index >= 15 is 0 Å². The van der Waals surface area contributed by atoms with Crippen LogP contribution < -0.4 is 10.2 Å². The minimum Gasteiger partial charge on any atom is -0.383 e. The van der Waals surface area contributed by atoms with E-state index in [-0.39, 0.29) is 23.8 Å². The minimum atomic E-state index is -0.158. The van der Waals surface area contributed by atoms with Crippen molar-refractivity contribution in [1.82, 2.24) is 10.2 Å². The van der Waals surface area contributed by atoms with E-state index in [9.17, 15) is 9.59 Å². The zero-order chi connectivity index (χ0) is 18.4. The van der Waals surface area contributed by atoms with Crippen LogP contribution in [0, 0.1) is 5.92 Å². The number of methoxy groups -OCH3 is 1. The van der Waals surface area contributed by atoms with E-state index in [1.165, 1.54) is 0 Å². The molecule has 0 aliphatic carbocycles. The molecule has 1 heterocycles. The summed E-state index contributed by atoms with van der Waals surface area (Å²) in [4.78, 5) is 29.1. The molecule has 2 amide bonds. The van der Waals surface area contributed by atoms with Crippen LogP contribution >= 0.6 is 0 Å². The third-order valence-corrected chi connectivity index (χ3v) is 4.73. The maximum atomic E-state index is 13.0. The molecular formula is C19H29N3O3. The normalized spacial score (nSPS) is 20.2. The summed E-state index contributed by atoms with van der Waals surface area (Å²) >= 11 is 0. The Bertz CT molecular complexity index is 603. The number of hydrogen-bond donors (Lipinski definition) is 1. The van der Waals surface area contributed by atoms with Gasteiger partial charge in [-0.15, -0.1) is 0 Å². The Morgan fingerprint density at radius 2 is 2.08 bits per heavy atom. The summed E-state index contributed by atoms with van der Waals surface area (Å²) in [6.07, 6.45) is 1.64. The Morgan fingerprint density at radius 1 is 1.32 bits per heavy atom. The van der Waals surface area contributed by atoms with Crippen molar-refractivity contribution < 1.29 is 14.3 Å². The lowest BCUT2D eigenvalue weighted by Gasteiger charge is -2.37. The van der Waals surface area contributed by atoms with Crippen molar-refractivity contribution in [1.29, 1.82) is 0 Å². The highest BCUT2D eigenvalue weighted by Crippen LogP contribution is 2.25. The van der Waals surface area contributed by atoms with Crippen molar-refractivity contribution in [3.05, 3.63) is 29.8 Å². The van der Waals surface area contributed by atoms with Crippen LogP contribution in [0.25, 0.3) is 0 Å². The first-order chi connectivity index (χ1) is 11.9. The van der Waals surface area contributed by atoms with Crippen LogP contribution in [0.4, 0.5) is 5.69 Å². The van der Waals surface area contributed by atoms with E-state index in [4.69, 9.17) is 4.74 Å². The number of carbonyl (C=O) groups is 2. The maximum Gasteiger partial charge on any atom is 0.254 e. The van der Waals surface area contributed by atoms with E-state index < -0.39 is 0 Å². The van der Waals surface area contributed by atoms with Gasteiger partial charge >= 0.3 is 0 Å². The number of carbonyl (C=O) groups excluding carboxylic acids is 2. The summed E-state index contributed by atoms with van der Waals surface area (Å²) in [6, 6.07) is 7.74. The number of rotatable bonds is 6. The SMILES string of the molecule is COCCNC(=O)[C@@H]1CC[C@H](C)N(C(=O)c2cccc(N(C)C)c2)C1. The van der Waals surface area contributed by atoms with Gasteiger partial charge in [-0.3, -0.25) is 9.59 Å². The van der Waals surface area contributed by atoms with E-state index in [1.807, 2.05) is 55.1 Å². The van der Waals surface area contributed by atoms with Crippen molar-refractivity contribution in [2.75, 3.05) is 45.8 Å². The third-order valence-electron chi connectivity index (χ3n) is 4.73. The lowest BCUT2D eigenvalue weighted by molar-refractivity contribution is -0.126. The van der Waals surface area contributed by atoms with E-state index in [2.05, 4.69) is 5.32 Å². The van der Waals surface area contributed by atoms with Gasteiger partial charge in [-0.05, 0) is 38.0 Å². The lowest BCUT2D eigenvalue weighted by atomic mass is 9.92. The van der Waals surface area contributed by atoms with Crippen molar-refractivity contribution in [3.63, 3.8) is 0 Å². The van der Waals surface area contributed by atoms with Gasteiger partial charge in [0.1, 0.15) is 0 Å². The van der Waals surface area contributed by atoms with Crippen LogP contribution in [0.15, 0.2) is 24.3 Å². The van der Waals surface area contributed by atoms with Gasteiger partial charge in [-0.1, -0.05) is 6.07 Å². The standard InChI is InChI=1S/C19H29N3O3/c1-14-8-9-16(18(23)20-10-11-25-4)13-22(14)19(24)15-6-5-7-17(12-15)21(2)3/h5-7,12,14,16H,8-11,13H2,1-4H3,(H,20,23)/t14-,16+/m0/s1. The molecule has 25 heavy (non-hydrogen) atoms. The Labute approximate surface area is 150 Å². The van der Waals surface area contributed by atoms with Crippen molar-refractivity contribution in [2.24, 2.45) is 5.92 Å². The van der Waals surface area contributed by atoms with Crippen LogP contribution in [0.5, 0.6) is 0 Å². The highest BCUT2D eigenvalue weighted by molar-refractivity contribution is 5.96. The average molecular weight is 347 g/mol. The van der Waals surface area contributed by atoms with Crippen molar-refractivity contribution in [3.8, 4) is 0 Å². The second-order valence-corrected chi connectivity index (χ2v) is 6.81. The first kappa shape index (κ1) is 19.2. The molecule has 0 spiro atoms. The number of anilines is 1. The van der Waals surface area contributed by atoms with E-state index in [0.29, 0.717) is 25.3 Å². The molecule has 6 nitrogen and oxygen atoms in total. The number of nitrogens with one attached hydrogen (secondary N) is 1. The molecule has 1 fully saturated rings. The molecule has 1 aromatic carbocycles. The number of nitrogens with zero attached hydrogens (tertiary/aromatic N) is 2. The van der Waals surface area contributed by atoms with Crippen LogP contribution in [-0.2, 0) is 9.53 Å². The summed E-state index contributed by atoms with van der Waals surface area (Å²) in [7, 11) is 5.51. The molecule has 0 aromatic heterocycles. The van der Waals surface area contributed by atoms with Crippen LogP contribution in [0.3, 0.4) is 0 Å². The van der Waals surface area contributed by atoms with Gasteiger partial charge in [-0.25, -0.2) is 0 Å². The topological polar surface area (TPSA) is 61.9 Å². The first-order valence-corrected chi connectivity index (χ1v) is 8.79. The van der Waals surface area contributed by atoms with Gasteiger partial charge in [0.05, 0.1) is 12.5 Å². The molecule has 1 aliphatic heterocycles. The number of ether oxygens (including phenoxy) is 1. The fraction of sp³-hybridized carbons (Fsp3) is 0.579. The van der Waals surface area contributed by atoms with Gasteiger partial charge < -0.3 is 19.9 Å². The minimum absolute atomic E-state index is 0.00351. The Balaban J connectivity index is 2.07. The van der Waals surface area contributed by atoms with Gasteiger partial charge in [-0.2, -0.15) is 0 Å². The predicted octanol–water partition coefficient (Wildman–Crippen LogP) is 1.76. The van der Waals surface area contributed by atoms with Crippen molar-refractivity contribution >= 4 is 17.5 Å². The Morgan fingerprint density at radius 3 is 2.76 bits per heavy atom. The zero-order valence-electron chi connectivity index (χ0n) is 15.6. The molecule has 1 aromatic rings. The fourth-order valence-electron chi connectivity index (χ4n) is 3.11. The third kappa shape index (κ3) is 4.95. The zero-order valence-corrected chi connectivity index (χ0v) is 15.6. The van der Waals surface area contributed by atoms with Crippen LogP contribution in [0.1, 0.15) is 30.1 Å². The van der Waals surface area contributed by atoms with E-state index in [1.54, 1.807) is 7.11 Å². The molecular weight excluding hydrogens is 318 g/mol. The molecule has 0 radical (unpaired) electrons. The van der Waals surface area contributed by atoms with Gasteiger partial charge in [0.15, 0.2) is 0 Å². The molecule has 2 rings (SSSR count). The molecule has 6 heteroatoms. The summed E-state index contributed by atoms with van der Waals surface area (Å²) < 4.78 is 4.96. The van der Waals surface area contributed by atoms with Gasteiger partial charge in [0.25, 0.3) is 5.91 Å². The Kier molecular flexibility index (Phi) is 6.82. The number of likely N-dealkylation sites (tertiary alicyclic amines) is 1. The first-order valence-electron chi connectivity index (χ1n) is 8.79. The molecule has 0 unspecified atom stereocenters. The molecule has 1 saturated heterocycles. The number of benzene rings is 1. The number of piperidine rings is 1. The monoisotopic (exact) mass is 347 g/mol. The molecule has 1 aliphatic rings. The summed E-state index contributed by atoms with van der Waals surface area (Å²) in [5, 5.41) is 2.88. The molecule has 0 bridgehead atoms. The predicted molar refractivity (Wildman–Crippen MR) is 98.9 cm³/mol. The molecule has 2 atom stereocenters. The highest BCUT2D eigenvalue weighted by Gasteiger charge is 2.33. The van der Waals surface area contributed by atoms with Crippen LogP contribution in [-0.4, -0.2) is 63.7 Å². The Hall–Kier alpha value is -2.08. The molecule has 1 N–H and O–H groups in total. The lowest BCUT2D eigenvalue weighted by Crippen LogP contribution is -2.49. The summed E-state index contributed by atoms with van der Waals surface area (Å²) in [5.74, 6) is -0.163. The summed E-state index contributed by atoms with van der Waals surface area (Å²) in [6.45, 7) is 3.51. The fourth-order valence-corrected chi connectivity index (χ4v) is 3.11. The smallest absolute Gasteiger partial charge is 0.254 e. The second kappa shape index (κ2) is 8.85. The number of amides is 2. The van der Waals surface area contributed by atoms with Crippen LogP contribution in [0.2, 0.25) is 0 Å². The summed E-state index contributed by atoms with van der Waals surface area (Å²) in [5.41, 5.74) is 1.66. The maximum absolute atomic E-state index is 13.0. The van der Waals surface area contributed by atoms with Crippen molar-refractivity contribution in [2.45, 2.75) is 25.8 Å². The van der Waals surface area contributed by atoms with Gasteiger partial charge in [0.2, 0.25) is 5.91 Å². The molecule has 0 saturated carbocycles. The van der Waals surface area contributed by atoms with Gasteiger partial charge in [0, 0.05) is 51.6 Å². The molecule has 138 valence electrons. The highest BCUT2D eigenvalue weighted by atomic mass is 16.5.